The first kappa shape index (κ1) is 16.3. The largest absolute Gasteiger partial charge is 0.495 e. The molecule has 0 bridgehead atoms. The van der Waals surface area contributed by atoms with E-state index in [9.17, 15) is 13.2 Å². The van der Waals surface area contributed by atoms with Crippen molar-refractivity contribution in [2.45, 2.75) is 11.8 Å². The maximum atomic E-state index is 12.6. The van der Waals surface area contributed by atoms with Crippen LogP contribution >= 0.6 is 15.9 Å². The molecule has 0 aliphatic carbocycles. The van der Waals surface area contributed by atoms with E-state index in [1.165, 1.54) is 17.5 Å². The molecule has 0 amide bonds. The molecule has 0 radical (unpaired) electrons. The van der Waals surface area contributed by atoms with E-state index in [0.29, 0.717) is 4.47 Å². The average molecular weight is 378 g/mol. The van der Waals surface area contributed by atoms with Crippen molar-refractivity contribution in [1.82, 2.24) is 4.31 Å². The zero-order valence-electron chi connectivity index (χ0n) is 11.6. The molecule has 1 aliphatic heterocycles. The topological polar surface area (TPSA) is 83.9 Å². The third kappa shape index (κ3) is 3.07. The molecule has 2 rings (SSSR count). The van der Waals surface area contributed by atoms with Gasteiger partial charge in [-0.2, -0.15) is 4.31 Å². The summed E-state index contributed by atoms with van der Waals surface area (Å²) in [5.41, 5.74) is 0. The molecule has 1 N–H and O–H groups in total. The van der Waals surface area contributed by atoms with Gasteiger partial charge in [0.25, 0.3) is 0 Å². The van der Waals surface area contributed by atoms with Crippen LogP contribution in [0.25, 0.3) is 0 Å². The molecular formula is C13H16BrNO5S. The Morgan fingerprint density at radius 2 is 2.10 bits per heavy atom. The second kappa shape index (κ2) is 5.94. The molecule has 6 nitrogen and oxygen atoms in total. The minimum Gasteiger partial charge on any atom is -0.495 e. The number of carboxylic acid groups (broad SMARTS) is 1. The summed E-state index contributed by atoms with van der Waals surface area (Å²) in [7, 11) is -2.26. The number of carboxylic acids is 1. The lowest BCUT2D eigenvalue weighted by Gasteiger charge is -2.40. The quantitative estimate of drug-likeness (QED) is 0.845. The van der Waals surface area contributed by atoms with Crippen LogP contribution in [0.15, 0.2) is 27.6 Å². The van der Waals surface area contributed by atoms with Gasteiger partial charge >= 0.3 is 5.97 Å². The average Bonchev–Trinajstić information content (AvgIpc) is 2.36. The third-order valence-electron chi connectivity index (χ3n) is 3.72. The molecule has 1 fully saturated rings. The summed E-state index contributed by atoms with van der Waals surface area (Å²) in [5.74, 6) is -1.35. The molecule has 0 spiro atoms. The van der Waals surface area contributed by atoms with E-state index in [4.69, 9.17) is 9.84 Å². The molecule has 116 valence electrons. The molecule has 21 heavy (non-hydrogen) atoms. The maximum Gasteiger partial charge on any atom is 0.306 e. The van der Waals surface area contributed by atoms with Crippen LogP contribution < -0.4 is 4.74 Å². The highest BCUT2D eigenvalue weighted by Gasteiger charge is 2.42. The molecule has 1 aromatic carbocycles. The zero-order chi connectivity index (χ0) is 15.8. The van der Waals surface area contributed by atoms with Gasteiger partial charge in [0.05, 0.1) is 13.0 Å². The van der Waals surface area contributed by atoms with E-state index >= 15 is 0 Å². The van der Waals surface area contributed by atoms with Gasteiger partial charge in [-0.3, -0.25) is 4.79 Å². The van der Waals surface area contributed by atoms with Gasteiger partial charge in [0, 0.05) is 17.6 Å². The van der Waals surface area contributed by atoms with Crippen molar-refractivity contribution in [3.05, 3.63) is 22.7 Å². The number of rotatable bonds is 5. The molecule has 1 atom stereocenters. The number of benzene rings is 1. The number of ether oxygens (including phenoxy) is 1. The van der Waals surface area contributed by atoms with E-state index in [0.717, 1.165) is 0 Å². The Morgan fingerprint density at radius 3 is 2.62 bits per heavy atom. The minimum absolute atomic E-state index is 0.0841. The van der Waals surface area contributed by atoms with Gasteiger partial charge in [-0.15, -0.1) is 0 Å². The third-order valence-corrected chi connectivity index (χ3v) is 6.06. The van der Waals surface area contributed by atoms with Gasteiger partial charge in [-0.05, 0) is 24.1 Å². The molecule has 0 saturated carbocycles. The maximum absolute atomic E-state index is 12.6. The Hall–Kier alpha value is -1.12. The van der Waals surface area contributed by atoms with Crippen LogP contribution in [0.4, 0.5) is 0 Å². The number of nitrogens with zero attached hydrogens (tertiary/aromatic N) is 1. The van der Waals surface area contributed by atoms with Crippen molar-refractivity contribution < 1.29 is 23.1 Å². The van der Waals surface area contributed by atoms with E-state index in [1.54, 1.807) is 19.1 Å². The van der Waals surface area contributed by atoms with Gasteiger partial charge in [0.2, 0.25) is 10.0 Å². The lowest BCUT2D eigenvalue weighted by molar-refractivity contribution is -0.144. The summed E-state index contributed by atoms with van der Waals surface area (Å²) in [6.07, 6.45) is 0. The highest BCUT2D eigenvalue weighted by Crippen LogP contribution is 2.34. The summed E-state index contributed by atoms with van der Waals surface area (Å²) >= 11 is 3.24. The number of sulfonamides is 1. The predicted octanol–water partition coefficient (Wildman–Crippen LogP) is 1.80. The summed E-state index contributed by atoms with van der Waals surface area (Å²) in [6, 6.07) is 4.76. The summed E-state index contributed by atoms with van der Waals surface area (Å²) < 4.78 is 32.1. The molecule has 1 aromatic rings. The molecule has 1 aliphatic rings. The standard InChI is InChI=1S/C13H16BrNO5S/c1-8(13(16)17)9-6-15(7-9)21(18,19)12-5-10(14)3-4-11(12)20-2/h3-5,8-9H,6-7H2,1-2H3,(H,16,17). The lowest BCUT2D eigenvalue weighted by Crippen LogP contribution is -2.53. The van der Waals surface area contributed by atoms with Crippen LogP contribution in [0.1, 0.15) is 6.92 Å². The fourth-order valence-corrected chi connectivity index (χ4v) is 4.42. The predicted molar refractivity (Wildman–Crippen MR) is 79.7 cm³/mol. The molecule has 1 unspecified atom stereocenters. The number of carbonyl (C=O) groups is 1. The van der Waals surface area contributed by atoms with E-state index < -0.39 is 21.9 Å². The first-order chi connectivity index (χ1) is 9.77. The smallest absolute Gasteiger partial charge is 0.306 e. The first-order valence-electron chi connectivity index (χ1n) is 6.34. The van der Waals surface area contributed by atoms with Crippen molar-refractivity contribution in [2.24, 2.45) is 11.8 Å². The van der Waals surface area contributed by atoms with Crippen LogP contribution in [0, 0.1) is 11.8 Å². The Balaban J connectivity index is 2.22. The number of hydrogen-bond acceptors (Lipinski definition) is 4. The van der Waals surface area contributed by atoms with Crippen molar-refractivity contribution in [2.75, 3.05) is 20.2 Å². The highest BCUT2D eigenvalue weighted by atomic mass is 79.9. The normalized spacial score (nSPS) is 18.0. The van der Waals surface area contributed by atoms with Crippen LogP contribution in [-0.2, 0) is 14.8 Å². The lowest BCUT2D eigenvalue weighted by atomic mass is 9.89. The Bertz CT molecular complexity index is 655. The van der Waals surface area contributed by atoms with Crippen LogP contribution in [-0.4, -0.2) is 44.0 Å². The molecule has 1 heterocycles. The Labute approximate surface area is 131 Å². The molecular weight excluding hydrogens is 362 g/mol. The van der Waals surface area contributed by atoms with E-state index in [1.807, 2.05) is 0 Å². The molecule has 1 saturated heterocycles. The van der Waals surface area contributed by atoms with Crippen molar-refractivity contribution in [1.29, 1.82) is 0 Å². The highest BCUT2D eigenvalue weighted by molar-refractivity contribution is 9.10. The van der Waals surface area contributed by atoms with Gasteiger partial charge in [0.1, 0.15) is 10.6 Å². The van der Waals surface area contributed by atoms with Gasteiger partial charge in [-0.25, -0.2) is 8.42 Å². The Kier molecular flexibility index (Phi) is 4.60. The van der Waals surface area contributed by atoms with E-state index in [2.05, 4.69) is 15.9 Å². The first-order valence-corrected chi connectivity index (χ1v) is 8.57. The Morgan fingerprint density at radius 1 is 1.48 bits per heavy atom. The number of aliphatic carboxylic acids is 1. The van der Waals surface area contributed by atoms with Crippen molar-refractivity contribution in [3.8, 4) is 5.75 Å². The molecule has 8 heteroatoms. The second-order valence-corrected chi connectivity index (χ2v) is 7.83. The van der Waals surface area contributed by atoms with Crippen LogP contribution in [0.3, 0.4) is 0 Å². The van der Waals surface area contributed by atoms with Crippen LogP contribution in [0.5, 0.6) is 5.75 Å². The fourth-order valence-electron chi connectivity index (χ4n) is 2.17. The number of halogens is 1. The van der Waals surface area contributed by atoms with Crippen LogP contribution in [0.2, 0.25) is 0 Å². The van der Waals surface area contributed by atoms with E-state index in [-0.39, 0.29) is 29.7 Å². The SMILES string of the molecule is COc1ccc(Br)cc1S(=O)(=O)N1CC(C(C)C(=O)O)C1. The second-order valence-electron chi connectivity index (χ2n) is 5.00. The summed E-state index contributed by atoms with van der Waals surface area (Å²) in [4.78, 5) is 11.0. The van der Waals surface area contributed by atoms with Gasteiger partial charge in [0.15, 0.2) is 0 Å². The van der Waals surface area contributed by atoms with Crippen molar-refractivity contribution >= 4 is 31.9 Å². The fraction of sp³-hybridized carbons (Fsp3) is 0.462. The van der Waals surface area contributed by atoms with Crippen molar-refractivity contribution in [3.63, 3.8) is 0 Å². The number of hydrogen-bond donors (Lipinski definition) is 1. The van der Waals surface area contributed by atoms with Gasteiger partial charge < -0.3 is 9.84 Å². The monoisotopic (exact) mass is 377 g/mol. The molecule has 0 aromatic heterocycles. The summed E-state index contributed by atoms with van der Waals surface area (Å²) in [5, 5.41) is 8.95. The number of methoxy groups -OCH3 is 1. The zero-order valence-corrected chi connectivity index (χ0v) is 14.0. The minimum atomic E-state index is -3.67. The van der Waals surface area contributed by atoms with Gasteiger partial charge in [-0.1, -0.05) is 22.9 Å². The summed E-state index contributed by atoms with van der Waals surface area (Å²) in [6.45, 7) is 2.02.